The Morgan fingerprint density at radius 2 is 1.43 bits per heavy atom. The van der Waals surface area contributed by atoms with Gasteiger partial charge in [0.2, 0.25) is 0 Å². The van der Waals surface area contributed by atoms with Crippen LogP contribution in [0.25, 0.3) is 16.0 Å². The van der Waals surface area contributed by atoms with Crippen molar-refractivity contribution < 1.29 is 26.3 Å². The van der Waals surface area contributed by atoms with Gasteiger partial charge in [0.05, 0.1) is 12.1 Å². The summed E-state index contributed by atoms with van der Waals surface area (Å²) in [5.74, 6) is -4.71. The summed E-state index contributed by atoms with van der Waals surface area (Å²) in [5, 5.41) is 0. The lowest BCUT2D eigenvalue weighted by atomic mass is 10.0. The standard InChI is InChI=1S/C14H5F6N/c1-21-12-3-2-7(4-9(12)14(18,19)20)8-5-10(15)13(17)11(16)6-8/h2-6H. The smallest absolute Gasteiger partial charge is 0.238 e. The molecule has 0 spiro atoms. The number of rotatable bonds is 1. The van der Waals surface area contributed by atoms with Crippen molar-refractivity contribution in [2.75, 3.05) is 0 Å². The number of hydrogen-bond acceptors (Lipinski definition) is 0. The fourth-order valence-corrected chi connectivity index (χ4v) is 1.76. The first kappa shape index (κ1) is 14.9. The molecule has 0 amide bonds. The molecule has 0 aliphatic heterocycles. The second-order valence-corrected chi connectivity index (χ2v) is 4.10. The maximum Gasteiger partial charge on any atom is 0.407 e. The molecular formula is C14H5F6N. The molecule has 2 rings (SSSR count). The Balaban J connectivity index is 2.64. The molecule has 108 valence electrons. The topological polar surface area (TPSA) is 4.36 Å². The van der Waals surface area contributed by atoms with Crippen molar-refractivity contribution in [1.82, 2.24) is 0 Å². The quantitative estimate of drug-likeness (QED) is 0.380. The highest BCUT2D eigenvalue weighted by atomic mass is 19.4. The van der Waals surface area contributed by atoms with Crippen LogP contribution in [-0.2, 0) is 6.18 Å². The van der Waals surface area contributed by atoms with Gasteiger partial charge in [-0.3, -0.25) is 0 Å². The fraction of sp³-hybridized carbons (Fsp3) is 0.0714. The molecule has 0 saturated heterocycles. The first-order valence-electron chi connectivity index (χ1n) is 5.47. The molecule has 0 saturated carbocycles. The first-order valence-corrected chi connectivity index (χ1v) is 5.47. The molecule has 2 aromatic rings. The molecule has 0 radical (unpaired) electrons. The predicted octanol–water partition coefficient (Wildman–Crippen LogP) is 5.34. The minimum absolute atomic E-state index is 0.174. The molecule has 7 heteroatoms. The Morgan fingerprint density at radius 1 is 0.857 bits per heavy atom. The van der Waals surface area contributed by atoms with Gasteiger partial charge in [0.15, 0.2) is 23.1 Å². The summed E-state index contributed by atoms with van der Waals surface area (Å²) < 4.78 is 77.5. The maximum absolute atomic E-state index is 13.1. The lowest BCUT2D eigenvalue weighted by Gasteiger charge is -2.11. The van der Waals surface area contributed by atoms with Gasteiger partial charge in [0.25, 0.3) is 0 Å². The molecule has 0 aliphatic carbocycles. The number of alkyl halides is 3. The molecule has 0 heterocycles. The van der Waals surface area contributed by atoms with Crippen LogP contribution in [-0.4, -0.2) is 0 Å². The van der Waals surface area contributed by atoms with Gasteiger partial charge in [0.1, 0.15) is 0 Å². The van der Waals surface area contributed by atoms with Crippen molar-refractivity contribution in [3.8, 4) is 11.1 Å². The average molecular weight is 301 g/mol. The summed E-state index contributed by atoms with van der Waals surface area (Å²) in [6, 6.07) is 3.77. The van der Waals surface area contributed by atoms with E-state index in [0.29, 0.717) is 18.2 Å². The highest BCUT2D eigenvalue weighted by molar-refractivity contribution is 5.69. The Hall–Kier alpha value is -2.49. The molecule has 0 N–H and O–H groups in total. The third-order valence-electron chi connectivity index (χ3n) is 2.74. The van der Waals surface area contributed by atoms with Crippen molar-refractivity contribution in [2.24, 2.45) is 0 Å². The molecule has 0 aliphatic rings. The van der Waals surface area contributed by atoms with Crippen LogP contribution in [0.2, 0.25) is 0 Å². The van der Waals surface area contributed by atoms with Crippen LogP contribution in [0.1, 0.15) is 5.56 Å². The third-order valence-corrected chi connectivity index (χ3v) is 2.74. The van der Waals surface area contributed by atoms with Gasteiger partial charge in [-0.05, 0) is 23.3 Å². The number of benzene rings is 2. The third kappa shape index (κ3) is 2.84. The van der Waals surface area contributed by atoms with E-state index in [1.165, 1.54) is 0 Å². The molecule has 21 heavy (non-hydrogen) atoms. The normalized spacial score (nSPS) is 11.3. The Morgan fingerprint density at radius 3 is 1.90 bits per heavy atom. The first-order chi connectivity index (χ1) is 9.74. The lowest BCUT2D eigenvalue weighted by Crippen LogP contribution is -2.05. The fourth-order valence-electron chi connectivity index (χ4n) is 1.76. The van der Waals surface area contributed by atoms with Crippen LogP contribution in [0, 0.1) is 24.0 Å². The zero-order valence-corrected chi connectivity index (χ0v) is 10.1. The number of hydrogen-bond donors (Lipinski definition) is 0. The van der Waals surface area contributed by atoms with Gasteiger partial charge in [-0.2, -0.15) is 13.2 Å². The van der Waals surface area contributed by atoms with Gasteiger partial charge in [0, 0.05) is 0 Å². The van der Waals surface area contributed by atoms with Gasteiger partial charge >= 0.3 is 6.18 Å². The van der Waals surface area contributed by atoms with Crippen molar-refractivity contribution in [2.45, 2.75) is 6.18 Å². The van der Waals surface area contributed by atoms with Crippen molar-refractivity contribution in [3.63, 3.8) is 0 Å². The van der Waals surface area contributed by atoms with E-state index in [-0.39, 0.29) is 11.1 Å². The van der Waals surface area contributed by atoms with E-state index < -0.39 is 34.9 Å². The average Bonchev–Trinajstić information content (AvgIpc) is 2.42. The van der Waals surface area contributed by atoms with Gasteiger partial charge in [-0.25, -0.2) is 18.0 Å². The molecule has 1 nitrogen and oxygen atoms in total. The van der Waals surface area contributed by atoms with Gasteiger partial charge in [-0.15, -0.1) is 0 Å². The Kier molecular flexibility index (Phi) is 3.64. The number of nitrogens with zero attached hydrogens (tertiary/aromatic N) is 1. The summed E-state index contributed by atoms with van der Waals surface area (Å²) >= 11 is 0. The monoisotopic (exact) mass is 301 g/mol. The summed E-state index contributed by atoms with van der Waals surface area (Å²) in [7, 11) is 0. The van der Waals surface area contributed by atoms with Gasteiger partial charge < -0.3 is 0 Å². The minimum atomic E-state index is -4.78. The van der Waals surface area contributed by atoms with Gasteiger partial charge in [-0.1, -0.05) is 18.2 Å². The van der Waals surface area contributed by atoms with E-state index >= 15 is 0 Å². The predicted molar refractivity (Wildman–Crippen MR) is 63.0 cm³/mol. The van der Waals surface area contributed by atoms with Crippen LogP contribution < -0.4 is 0 Å². The molecule has 0 unspecified atom stereocenters. The van der Waals surface area contributed by atoms with E-state index in [1.54, 1.807) is 0 Å². The number of halogens is 6. The Labute approximate surface area is 115 Å². The second-order valence-electron chi connectivity index (χ2n) is 4.10. The van der Waals surface area contributed by atoms with Crippen LogP contribution >= 0.6 is 0 Å². The van der Waals surface area contributed by atoms with Crippen LogP contribution in [0.3, 0.4) is 0 Å². The summed E-state index contributed by atoms with van der Waals surface area (Å²) in [4.78, 5) is 2.74. The van der Waals surface area contributed by atoms with Crippen molar-refractivity contribution in [1.29, 1.82) is 0 Å². The zero-order chi connectivity index (χ0) is 15.8. The summed E-state index contributed by atoms with van der Waals surface area (Å²) in [6.45, 7) is 6.69. The molecular weight excluding hydrogens is 296 g/mol. The molecule has 2 aromatic carbocycles. The lowest BCUT2D eigenvalue weighted by molar-refractivity contribution is -0.136. The molecule has 0 aromatic heterocycles. The maximum atomic E-state index is 13.1. The largest absolute Gasteiger partial charge is 0.407 e. The van der Waals surface area contributed by atoms with Crippen LogP contribution in [0.4, 0.5) is 32.0 Å². The molecule has 0 bridgehead atoms. The van der Waals surface area contributed by atoms with E-state index in [9.17, 15) is 26.3 Å². The van der Waals surface area contributed by atoms with E-state index in [2.05, 4.69) is 4.85 Å². The van der Waals surface area contributed by atoms with Crippen LogP contribution in [0.15, 0.2) is 30.3 Å². The SMILES string of the molecule is [C-]#[N+]c1ccc(-c2cc(F)c(F)c(F)c2)cc1C(F)(F)F. The highest BCUT2D eigenvalue weighted by Crippen LogP contribution is 2.39. The molecule has 0 fully saturated rings. The highest BCUT2D eigenvalue weighted by Gasteiger charge is 2.33. The summed E-state index contributed by atoms with van der Waals surface area (Å²) in [6.07, 6.45) is -4.78. The van der Waals surface area contributed by atoms with E-state index in [0.717, 1.165) is 12.1 Å². The van der Waals surface area contributed by atoms with E-state index in [4.69, 9.17) is 6.57 Å². The van der Waals surface area contributed by atoms with E-state index in [1.807, 2.05) is 0 Å². The van der Waals surface area contributed by atoms with Crippen molar-refractivity contribution >= 4 is 5.69 Å². The zero-order valence-electron chi connectivity index (χ0n) is 10.1. The summed E-state index contributed by atoms with van der Waals surface area (Å²) in [5.41, 5.74) is -2.28. The van der Waals surface area contributed by atoms with Crippen LogP contribution in [0.5, 0.6) is 0 Å². The second kappa shape index (κ2) is 5.13. The molecule has 0 atom stereocenters. The van der Waals surface area contributed by atoms with Crippen molar-refractivity contribution in [3.05, 3.63) is 64.8 Å². The minimum Gasteiger partial charge on any atom is -0.238 e. The Bertz CT molecular complexity index is 719.